The van der Waals surface area contributed by atoms with Gasteiger partial charge in [-0.3, -0.25) is 4.79 Å². The van der Waals surface area contributed by atoms with Crippen molar-refractivity contribution in [2.75, 3.05) is 0 Å². The Morgan fingerprint density at radius 2 is 2.38 bits per heavy atom. The van der Waals surface area contributed by atoms with Gasteiger partial charge in [0.1, 0.15) is 4.88 Å². The molecule has 0 aliphatic carbocycles. The van der Waals surface area contributed by atoms with Crippen LogP contribution in [0.1, 0.15) is 9.67 Å². The molecule has 0 unspecified atom stereocenters. The lowest BCUT2D eigenvalue weighted by Crippen LogP contribution is -2.08. The highest BCUT2D eigenvalue weighted by atomic mass is 32.2. The SMILES string of the molecule is O=C(O)c1cc(Sc2ncc[nH]c2=O)cs1. The van der Waals surface area contributed by atoms with Crippen LogP contribution in [0.4, 0.5) is 0 Å². The van der Waals surface area contributed by atoms with Gasteiger partial charge in [0.15, 0.2) is 5.03 Å². The van der Waals surface area contributed by atoms with Crippen LogP contribution in [0.3, 0.4) is 0 Å². The van der Waals surface area contributed by atoms with Crippen LogP contribution in [0.15, 0.2) is 38.6 Å². The highest BCUT2D eigenvalue weighted by molar-refractivity contribution is 7.99. The van der Waals surface area contributed by atoms with Crippen LogP contribution in [0.25, 0.3) is 0 Å². The third kappa shape index (κ3) is 2.31. The molecule has 2 aromatic rings. The summed E-state index contributed by atoms with van der Waals surface area (Å²) in [6, 6.07) is 1.52. The summed E-state index contributed by atoms with van der Waals surface area (Å²) in [7, 11) is 0. The van der Waals surface area contributed by atoms with Crippen molar-refractivity contribution in [1.82, 2.24) is 9.97 Å². The van der Waals surface area contributed by atoms with Crippen LogP contribution < -0.4 is 5.56 Å². The molecule has 0 spiro atoms. The average Bonchev–Trinajstić information content (AvgIpc) is 2.70. The van der Waals surface area contributed by atoms with Gasteiger partial charge in [0.05, 0.1) is 0 Å². The Labute approximate surface area is 98.2 Å². The molecule has 2 N–H and O–H groups in total. The Bertz CT molecular complexity index is 576. The topological polar surface area (TPSA) is 83.0 Å². The standard InChI is InChI=1S/C9H6N2O3S2/c12-7-8(11-2-1-10-7)16-5-3-6(9(13)14)15-4-5/h1-4H,(H,10,12)(H,13,14). The van der Waals surface area contributed by atoms with Gasteiger partial charge >= 0.3 is 5.97 Å². The molecule has 0 aromatic carbocycles. The zero-order chi connectivity index (χ0) is 11.5. The van der Waals surface area contributed by atoms with Crippen molar-refractivity contribution in [2.24, 2.45) is 0 Å². The second-order valence-corrected chi connectivity index (χ2v) is 4.75. The van der Waals surface area contributed by atoms with Crippen molar-refractivity contribution < 1.29 is 9.90 Å². The molecule has 16 heavy (non-hydrogen) atoms. The molecular formula is C9H6N2O3S2. The molecular weight excluding hydrogens is 248 g/mol. The van der Waals surface area contributed by atoms with Gasteiger partial charge < -0.3 is 10.1 Å². The molecule has 2 rings (SSSR count). The van der Waals surface area contributed by atoms with Crippen LogP contribution in [-0.4, -0.2) is 21.0 Å². The maximum absolute atomic E-state index is 11.3. The van der Waals surface area contributed by atoms with Gasteiger partial charge in [0, 0.05) is 22.7 Å². The summed E-state index contributed by atoms with van der Waals surface area (Å²) in [6.45, 7) is 0. The number of aromatic nitrogens is 2. The first kappa shape index (κ1) is 10.9. The maximum atomic E-state index is 11.3. The van der Waals surface area contributed by atoms with Crippen LogP contribution in [0, 0.1) is 0 Å². The number of thiophene rings is 1. The zero-order valence-electron chi connectivity index (χ0n) is 7.84. The number of carbonyl (C=O) groups is 1. The van der Waals surface area contributed by atoms with Crippen molar-refractivity contribution in [2.45, 2.75) is 9.92 Å². The van der Waals surface area contributed by atoms with E-state index in [-0.39, 0.29) is 10.4 Å². The summed E-state index contributed by atoms with van der Waals surface area (Å²) in [5.74, 6) is -0.966. The monoisotopic (exact) mass is 254 g/mol. The number of hydrogen-bond donors (Lipinski definition) is 2. The number of carboxylic acids is 1. The quantitative estimate of drug-likeness (QED) is 0.870. The molecule has 0 bridgehead atoms. The molecule has 0 saturated heterocycles. The van der Waals surface area contributed by atoms with Crippen molar-refractivity contribution in [3.63, 3.8) is 0 Å². The summed E-state index contributed by atoms with van der Waals surface area (Å²) in [5.41, 5.74) is -0.282. The summed E-state index contributed by atoms with van der Waals surface area (Å²) in [4.78, 5) is 29.3. The van der Waals surface area contributed by atoms with E-state index in [0.29, 0.717) is 9.92 Å². The fourth-order valence-electron chi connectivity index (χ4n) is 1.01. The molecule has 7 heteroatoms. The summed E-state index contributed by atoms with van der Waals surface area (Å²) >= 11 is 2.27. The molecule has 82 valence electrons. The maximum Gasteiger partial charge on any atom is 0.345 e. The van der Waals surface area contributed by atoms with E-state index in [4.69, 9.17) is 5.11 Å². The van der Waals surface area contributed by atoms with E-state index < -0.39 is 5.97 Å². The number of aromatic amines is 1. The van der Waals surface area contributed by atoms with E-state index in [0.717, 1.165) is 23.1 Å². The minimum absolute atomic E-state index is 0.245. The Morgan fingerprint density at radius 1 is 1.56 bits per heavy atom. The molecule has 2 heterocycles. The third-order valence-electron chi connectivity index (χ3n) is 1.68. The van der Waals surface area contributed by atoms with E-state index in [1.54, 1.807) is 5.38 Å². The fraction of sp³-hybridized carbons (Fsp3) is 0. The molecule has 0 radical (unpaired) electrons. The predicted molar refractivity (Wildman–Crippen MR) is 60.3 cm³/mol. The van der Waals surface area contributed by atoms with E-state index >= 15 is 0 Å². The number of carboxylic acid groups (broad SMARTS) is 1. The first-order chi connectivity index (χ1) is 7.66. The first-order valence-corrected chi connectivity index (χ1v) is 5.90. The molecule has 0 amide bonds. The number of rotatable bonds is 3. The Hall–Kier alpha value is -1.60. The van der Waals surface area contributed by atoms with Crippen molar-refractivity contribution in [3.05, 3.63) is 39.1 Å². The number of H-pyrrole nitrogens is 1. The molecule has 0 saturated carbocycles. The molecule has 5 nitrogen and oxygen atoms in total. The highest BCUT2D eigenvalue weighted by Crippen LogP contribution is 2.28. The number of nitrogens with zero attached hydrogens (tertiary/aromatic N) is 1. The number of aromatic carboxylic acids is 1. The lowest BCUT2D eigenvalue weighted by molar-refractivity contribution is 0.0702. The van der Waals surface area contributed by atoms with Gasteiger partial charge in [-0.2, -0.15) is 0 Å². The van der Waals surface area contributed by atoms with Crippen LogP contribution >= 0.6 is 23.1 Å². The summed E-state index contributed by atoms with van der Waals surface area (Å²) in [5, 5.41) is 10.7. The van der Waals surface area contributed by atoms with E-state index in [9.17, 15) is 9.59 Å². The average molecular weight is 254 g/mol. The van der Waals surface area contributed by atoms with Gasteiger partial charge in [-0.1, -0.05) is 11.8 Å². The van der Waals surface area contributed by atoms with Crippen LogP contribution in [-0.2, 0) is 0 Å². The molecule has 0 aliphatic heterocycles. The predicted octanol–water partition coefficient (Wildman–Crippen LogP) is 1.68. The molecule has 0 atom stereocenters. The van der Waals surface area contributed by atoms with Crippen molar-refractivity contribution in [3.8, 4) is 0 Å². The highest BCUT2D eigenvalue weighted by Gasteiger charge is 2.09. The van der Waals surface area contributed by atoms with Gasteiger partial charge in [0.25, 0.3) is 5.56 Å². The smallest absolute Gasteiger partial charge is 0.345 e. The van der Waals surface area contributed by atoms with E-state index in [1.807, 2.05) is 0 Å². The number of nitrogens with one attached hydrogen (secondary N) is 1. The third-order valence-corrected chi connectivity index (χ3v) is 3.70. The summed E-state index contributed by atoms with van der Waals surface area (Å²) < 4.78 is 0. The van der Waals surface area contributed by atoms with E-state index in [2.05, 4.69) is 9.97 Å². The molecule has 2 aromatic heterocycles. The second-order valence-electron chi connectivity index (χ2n) is 2.78. The Balaban J connectivity index is 2.24. The first-order valence-electron chi connectivity index (χ1n) is 4.20. The lowest BCUT2D eigenvalue weighted by Gasteiger charge is -1.94. The minimum atomic E-state index is -0.966. The fourth-order valence-corrected chi connectivity index (χ4v) is 2.69. The van der Waals surface area contributed by atoms with Gasteiger partial charge in [0.2, 0.25) is 0 Å². The zero-order valence-corrected chi connectivity index (χ0v) is 9.47. The van der Waals surface area contributed by atoms with Gasteiger partial charge in [-0.25, -0.2) is 9.78 Å². The molecule has 0 aliphatic rings. The largest absolute Gasteiger partial charge is 0.477 e. The van der Waals surface area contributed by atoms with Gasteiger partial charge in [-0.15, -0.1) is 11.3 Å². The second kappa shape index (κ2) is 4.50. The summed E-state index contributed by atoms with van der Waals surface area (Å²) in [6.07, 6.45) is 2.93. The molecule has 0 fully saturated rings. The minimum Gasteiger partial charge on any atom is -0.477 e. The lowest BCUT2D eigenvalue weighted by atomic mass is 10.5. The Morgan fingerprint density at radius 3 is 3.00 bits per heavy atom. The normalized spacial score (nSPS) is 10.2. The van der Waals surface area contributed by atoms with Crippen molar-refractivity contribution >= 4 is 29.1 Å². The van der Waals surface area contributed by atoms with Gasteiger partial charge in [-0.05, 0) is 6.07 Å². The van der Waals surface area contributed by atoms with E-state index in [1.165, 1.54) is 18.5 Å². The Kier molecular flexibility index (Phi) is 3.07. The van der Waals surface area contributed by atoms with Crippen molar-refractivity contribution in [1.29, 1.82) is 0 Å². The van der Waals surface area contributed by atoms with Crippen LogP contribution in [0.2, 0.25) is 0 Å². The number of hydrogen-bond acceptors (Lipinski definition) is 5. The van der Waals surface area contributed by atoms with Crippen LogP contribution in [0.5, 0.6) is 0 Å².